The van der Waals surface area contributed by atoms with Crippen molar-refractivity contribution in [3.05, 3.63) is 35.4 Å². The Labute approximate surface area is 126 Å². The van der Waals surface area contributed by atoms with Crippen LogP contribution in [0.15, 0.2) is 18.2 Å². The van der Waals surface area contributed by atoms with Gasteiger partial charge < -0.3 is 5.32 Å². The Hall–Kier alpha value is -1.00. The molecule has 1 aromatic rings. The number of hydrogen-bond donors (Lipinski definition) is 1. The van der Waals surface area contributed by atoms with Gasteiger partial charge >= 0.3 is 0 Å². The second-order valence-corrected chi connectivity index (χ2v) is 6.11. The van der Waals surface area contributed by atoms with Gasteiger partial charge in [-0.25, -0.2) is 8.78 Å². The Morgan fingerprint density at radius 3 is 2.57 bits per heavy atom. The summed E-state index contributed by atoms with van der Waals surface area (Å²) in [4.78, 5) is 2.16. The topological polar surface area (TPSA) is 15.3 Å². The fourth-order valence-electron chi connectivity index (χ4n) is 3.13. The second kappa shape index (κ2) is 7.85. The van der Waals surface area contributed by atoms with Gasteiger partial charge in [0.05, 0.1) is 0 Å². The molecule has 0 saturated heterocycles. The van der Waals surface area contributed by atoms with Gasteiger partial charge in [-0.15, -0.1) is 0 Å². The summed E-state index contributed by atoms with van der Waals surface area (Å²) >= 11 is 0. The average Bonchev–Trinajstić information content (AvgIpc) is 2.49. The van der Waals surface area contributed by atoms with Crippen molar-refractivity contribution in [1.29, 1.82) is 0 Å². The lowest BCUT2D eigenvalue weighted by Crippen LogP contribution is -2.40. The van der Waals surface area contributed by atoms with Crippen molar-refractivity contribution in [3.8, 4) is 0 Å². The standard InChI is InChI=1S/C17H26F2N2/c1-3-10-20-15-5-7-16(8-6-15)21(2)12-13-11-14(18)4-9-17(13)19/h4,9,11,15-16,20H,3,5-8,10,12H2,1-2H3. The highest BCUT2D eigenvalue weighted by Gasteiger charge is 2.24. The largest absolute Gasteiger partial charge is 0.314 e. The fraction of sp³-hybridized carbons (Fsp3) is 0.647. The molecule has 0 aromatic heterocycles. The first-order valence-corrected chi connectivity index (χ1v) is 7.97. The van der Waals surface area contributed by atoms with Gasteiger partial charge in [0.25, 0.3) is 0 Å². The Balaban J connectivity index is 1.84. The van der Waals surface area contributed by atoms with E-state index in [0.717, 1.165) is 19.4 Å². The summed E-state index contributed by atoms with van der Waals surface area (Å²) in [6.07, 6.45) is 5.74. The molecule has 21 heavy (non-hydrogen) atoms. The van der Waals surface area contributed by atoms with Crippen molar-refractivity contribution >= 4 is 0 Å². The molecule has 0 heterocycles. The van der Waals surface area contributed by atoms with Gasteiger partial charge in [0.2, 0.25) is 0 Å². The molecule has 118 valence electrons. The molecular formula is C17H26F2N2. The zero-order valence-electron chi connectivity index (χ0n) is 13.0. The first-order valence-electron chi connectivity index (χ1n) is 7.97. The smallest absolute Gasteiger partial charge is 0.127 e. The van der Waals surface area contributed by atoms with Crippen LogP contribution < -0.4 is 5.32 Å². The van der Waals surface area contributed by atoms with Crippen molar-refractivity contribution in [3.63, 3.8) is 0 Å². The Kier molecular flexibility index (Phi) is 6.12. The Morgan fingerprint density at radius 2 is 1.90 bits per heavy atom. The van der Waals surface area contributed by atoms with E-state index in [0.29, 0.717) is 24.2 Å². The molecule has 0 amide bonds. The van der Waals surface area contributed by atoms with Crippen LogP contribution in [0.1, 0.15) is 44.6 Å². The monoisotopic (exact) mass is 296 g/mol. The highest BCUT2D eigenvalue weighted by Crippen LogP contribution is 2.24. The molecule has 0 atom stereocenters. The van der Waals surface area contributed by atoms with E-state index >= 15 is 0 Å². The molecule has 2 rings (SSSR count). The van der Waals surface area contributed by atoms with Gasteiger partial charge in [0.1, 0.15) is 11.6 Å². The van der Waals surface area contributed by atoms with Crippen LogP contribution in [0.2, 0.25) is 0 Å². The van der Waals surface area contributed by atoms with Crippen LogP contribution in [0.3, 0.4) is 0 Å². The Morgan fingerprint density at radius 1 is 1.19 bits per heavy atom. The minimum Gasteiger partial charge on any atom is -0.314 e. The zero-order valence-corrected chi connectivity index (χ0v) is 13.0. The molecule has 1 N–H and O–H groups in total. The second-order valence-electron chi connectivity index (χ2n) is 6.11. The van der Waals surface area contributed by atoms with Crippen LogP contribution in [0.4, 0.5) is 8.78 Å². The van der Waals surface area contributed by atoms with Gasteiger partial charge in [-0.2, -0.15) is 0 Å². The summed E-state index contributed by atoms with van der Waals surface area (Å²) in [5.41, 5.74) is 0.448. The lowest BCUT2D eigenvalue weighted by Gasteiger charge is -2.35. The molecular weight excluding hydrogens is 270 g/mol. The molecule has 2 nitrogen and oxygen atoms in total. The predicted molar refractivity (Wildman–Crippen MR) is 82.2 cm³/mol. The minimum absolute atomic E-state index is 0.318. The zero-order chi connectivity index (χ0) is 15.2. The molecule has 0 bridgehead atoms. The van der Waals surface area contributed by atoms with E-state index in [1.165, 1.54) is 37.5 Å². The normalized spacial score (nSPS) is 22.7. The van der Waals surface area contributed by atoms with Gasteiger partial charge in [0.15, 0.2) is 0 Å². The maximum Gasteiger partial charge on any atom is 0.127 e. The third-order valence-corrected chi connectivity index (χ3v) is 4.43. The maximum atomic E-state index is 13.7. The molecule has 1 aromatic carbocycles. The average molecular weight is 296 g/mol. The molecule has 4 heteroatoms. The third-order valence-electron chi connectivity index (χ3n) is 4.43. The minimum atomic E-state index is -0.368. The van der Waals surface area contributed by atoms with Crippen molar-refractivity contribution in [2.75, 3.05) is 13.6 Å². The SMILES string of the molecule is CCCNC1CCC(N(C)Cc2cc(F)ccc2F)CC1. The van der Waals surface area contributed by atoms with E-state index in [1.54, 1.807) is 0 Å². The number of halogens is 2. The van der Waals surface area contributed by atoms with Gasteiger partial charge in [0, 0.05) is 24.2 Å². The summed E-state index contributed by atoms with van der Waals surface area (Å²) in [5.74, 6) is -0.686. The summed E-state index contributed by atoms with van der Waals surface area (Å²) in [6, 6.07) is 4.78. The van der Waals surface area contributed by atoms with Gasteiger partial charge in [-0.3, -0.25) is 4.90 Å². The first kappa shape index (κ1) is 16.4. The molecule has 1 aliphatic carbocycles. The van der Waals surface area contributed by atoms with Crippen molar-refractivity contribution in [2.24, 2.45) is 0 Å². The van der Waals surface area contributed by atoms with E-state index in [2.05, 4.69) is 17.1 Å². The Bertz CT molecular complexity index is 442. The molecule has 1 saturated carbocycles. The summed E-state index contributed by atoms with van der Waals surface area (Å²) in [6.45, 7) is 3.74. The van der Waals surface area contributed by atoms with E-state index in [-0.39, 0.29) is 11.6 Å². The van der Waals surface area contributed by atoms with Crippen LogP contribution >= 0.6 is 0 Å². The molecule has 1 aliphatic rings. The van der Waals surface area contributed by atoms with Gasteiger partial charge in [-0.05, 0) is 63.9 Å². The van der Waals surface area contributed by atoms with Crippen LogP contribution in [-0.2, 0) is 6.54 Å². The summed E-state index contributed by atoms with van der Waals surface area (Å²) < 4.78 is 26.9. The fourth-order valence-corrected chi connectivity index (χ4v) is 3.13. The molecule has 1 fully saturated rings. The van der Waals surface area contributed by atoms with Gasteiger partial charge in [-0.1, -0.05) is 6.92 Å². The predicted octanol–water partition coefficient (Wildman–Crippen LogP) is 3.71. The highest BCUT2D eigenvalue weighted by molar-refractivity contribution is 5.18. The number of benzene rings is 1. The van der Waals surface area contributed by atoms with E-state index < -0.39 is 0 Å². The molecule has 0 unspecified atom stereocenters. The van der Waals surface area contributed by atoms with Crippen LogP contribution in [0.25, 0.3) is 0 Å². The quantitative estimate of drug-likeness (QED) is 0.861. The molecule has 0 radical (unpaired) electrons. The van der Waals surface area contributed by atoms with Crippen molar-refractivity contribution in [1.82, 2.24) is 10.2 Å². The number of rotatable bonds is 6. The lowest BCUT2D eigenvalue weighted by atomic mass is 9.90. The lowest BCUT2D eigenvalue weighted by molar-refractivity contribution is 0.166. The first-order chi connectivity index (χ1) is 10.1. The maximum absolute atomic E-state index is 13.7. The van der Waals surface area contributed by atoms with Crippen molar-refractivity contribution in [2.45, 2.75) is 57.7 Å². The summed E-state index contributed by atoms with van der Waals surface area (Å²) in [5, 5.41) is 3.57. The number of hydrogen-bond acceptors (Lipinski definition) is 2. The third kappa shape index (κ3) is 4.75. The van der Waals surface area contributed by atoms with Crippen LogP contribution in [0, 0.1) is 11.6 Å². The highest BCUT2D eigenvalue weighted by atomic mass is 19.1. The molecule has 0 spiro atoms. The summed E-state index contributed by atoms with van der Waals surface area (Å²) in [7, 11) is 2.01. The number of nitrogens with zero attached hydrogens (tertiary/aromatic N) is 1. The van der Waals surface area contributed by atoms with E-state index in [9.17, 15) is 8.78 Å². The van der Waals surface area contributed by atoms with Crippen LogP contribution in [-0.4, -0.2) is 30.6 Å². The van der Waals surface area contributed by atoms with E-state index in [1.807, 2.05) is 7.05 Å². The number of nitrogens with one attached hydrogen (secondary N) is 1. The van der Waals surface area contributed by atoms with E-state index in [4.69, 9.17) is 0 Å². The van der Waals surface area contributed by atoms with Crippen LogP contribution in [0.5, 0.6) is 0 Å². The van der Waals surface area contributed by atoms with Crippen molar-refractivity contribution < 1.29 is 8.78 Å². The molecule has 0 aliphatic heterocycles.